The van der Waals surface area contributed by atoms with E-state index in [1.807, 2.05) is 18.2 Å². The molecule has 0 unspecified atom stereocenters. The number of anilines is 1. The fraction of sp³-hybridized carbons (Fsp3) is 0.286. The van der Waals surface area contributed by atoms with E-state index in [4.69, 9.17) is 4.74 Å². The van der Waals surface area contributed by atoms with Crippen LogP contribution >= 0.6 is 0 Å². The molecule has 0 heterocycles. The van der Waals surface area contributed by atoms with Gasteiger partial charge in [0.25, 0.3) is 5.91 Å². The number of benzene rings is 2. The van der Waals surface area contributed by atoms with Crippen LogP contribution in [0.5, 0.6) is 5.75 Å². The minimum absolute atomic E-state index is 0.0268. The van der Waals surface area contributed by atoms with Gasteiger partial charge in [-0.1, -0.05) is 51.1 Å². The van der Waals surface area contributed by atoms with Gasteiger partial charge in [-0.15, -0.1) is 0 Å². The van der Waals surface area contributed by atoms with Gasteiger partial charge in [-0.05, 0) is 41.7 Å². The molecule has 0 saturated heterocycles. The molecule has 0 atom stereocenters. The predicted molar refractivity (Wildman–Crippen MR) is 107 cm³/mol. The molecule has 7 heteroatoms. The molecule has 7 nitrogen and oxygen atoms in total. The molecule has 28 heavy (non-hydrogen) atoms. The Labute approximate surface area is 164 Å². The first-order valence-electron chi connectivity index (χ1n) is 8.86. The molecule has 148 valence electrons. The standard InChI is InChI=1S/C21H25N3O4/c1-14-7-5-6-8-17(14)22-19(26)20(27)24-23-18(25)13-28-16-11-9-15(10-12-16)21(2,3)4/h5-12H,13H2,1-4H3,(H,22,26)(H,23,25)(H,24,27). The number of amides is 3. The number of carbonyl (C=O) groups excluding carboxylic acids is 3. The molecule has 2 rings (SSSR count). The number of carbonyl (C=O) groups is 3. The van der Waals surface area contributed by atoms with E-state index < -0.39 is 17.7 Å². The lowest BCUT2D eigenvalue weighted by atomic mass is 9.87. The molecule has 0 fully saturated rings. The summed E-state index contributed by atoms with van der Waals surface area (Å²) in [5.41, 5.74) is 6.72. The maximum Gasteiger partial charge on any atom is 0.328 e. The van der Waals surface area contributed by atoms with Crippen molar-refractivity contribution in [3.63, 3.8) is 0 Å². The summed E-state index contributed by atoms with van der Waals surface area (Å²) in [6, 6.07) is 14.5. The van der Waals surface area contributed by atoms with Crippen LogP contribution < -0.4 is 20.9 Å². The van der Waals surface area contributed by atoms with Gasteiger partial charge in [-0.3, -0.25) is 25.2 Å². The minimum Gasteiger partial charge on any atom is -0.484 e. The van der Waals surface area contributed by atoms with E-state index in [9.17, 15) is 14.4 Å². The van der Waals surface area contributed by atoms with Crippen molar-refractivity contribution in [3.8, 4) is 5.75 Å². The van der Waals surface area contributed by atoms with Crippen molar-refractivity contribution in [1.29, 1.82) is 0 Å². The highest BCUT2D eigenvalue weighted by Gasteiger charge is 2.16. The van der Waals surface area contributed by atoms with E-state index in [1.54, 1.807) is 37.3 Å². The topological polar surface area (TPSA) is 96.5 Å². The SMILES string of the molecule is Cc1ccccc1NC(=O)C(=O)NNC(=O)COc1ccc(C(C)(C)C)cc1. The molecule has 3 N–H and O–H groups in total. The second-order valence-electron chi connectivity index (χ2n) is 7.33. The summed E-state index contributed by atoms with van der Waals surface area (Å²) < 4.78 is 5.38. The van der Waals surface area contributed by atoms with Crippen LogP contribution in [0.4, 0.5) is 5.69 Å². The number of nitrogens with one attached hydrogen (secondary N) is 3. The average molecular weight is 383 g/mol. The Morgan fingerprint density at radius 2 is 1.54 bits per heavy atom. The van der Waals surface area contributed by atoms with Crippen molar-refractivity contribution >= 4 is 23.4 Å². The highest BCUT2D eigenvalue weighted by Crippen LogP contribution is 2.24. The molecule has 2 aromatic carbocycles. The Kier molecular flexibility index (Phi) is 6.76. The Morgan fingerprint density at radius 3 is 2.14 bits per heavy atom. The lowest BCUT2D eigenvalue weighted by Crippen LogP contribution is -2.48. The van der Waals surface area contributed by atoms with Crippen LogP contribution in [0.25, 0.3) is 0 Å². The highest BCUT2D eigenvalue weighted by molar-refractivity contribution is 6.39. The van der Waals surface area contributed by atoms with Gasteiger partial charge in [0.1, 0.15) is 5.75 Å². The maximum atomic E-state index is 11.9. The Morgan fingerprint density at radius 1 is 0.893 bits per heavy atom. The van der Waals surface area contributed by atoms with Gasteiger partial charge in [0.2, 0.25) is 0 Å². The number of para-hydroxylation sites is 1. The summed E-state index contributed by atoms with van der Waals surface area (Å²) in [5.74, 6) is -1.91. The van der Waals surface area contributed by atoms with Crippen LogP contribution in [-0.4, -0.2) is 24.3 Å². The molecule has 0 aliphatic carbocycles. The lowest BCUT2D eigenvalue weighted by Gasteiger charge is -2.19. The van der Waals surface area contributed by atoms with Crippen LogP contribution in [0.2, 0.25) is 0 Å². The molecule has 0 spiro atoms. The van der Waals surface area contributed by atoms with E-state index in [-0.39, 0.29) is 12.0 Å². The molecule has 0 radical (unpaired) electrons. The molecular formula is C21H25N3O4. The second-order valence-corrected chi connectivity index (χ2v) is 7.33. The van der Waals surface area contributed by atoms with Crippen molar-refractivity contribution in [1.82, 2.24) is 10.9 Å². The van der Waals surface area contributed by atoms with Gasteiger partial charge in [-0.2, -0.15) is 0 Å². The summed E-state index contributed by atoms with van der Waals surface area (Å²) >= 11 is 0. The van der Waals surface area contributed by atoms with Gasteiger partial charge in [0, 0.05) is 5.69 Å². The maximum absolute atomic E-state index is 11.9. The Balaban J connectivity index is 1.76. The number of hydrogen-bond donors (Lipinski definition) is 3. The Hall–Kier alpha value is -3.35. The fourth-order valence-electron chi connectivity index (χ4n) is 2.31. The lowest BCUT2D eigenvalue weighted by molar-refractivity contribution is -0.138. The second kappa shape index (κ2) is 9.03. The first-order valence-corrected chi connectivity index (χ1v) is 8.86. The van der Waals surface area contributed by atoms with E-state index in [2.05, 4.69) is 36.9 Å². The fourth-order valence-corrected chi connectivity index (χ4v) is 2.31. The summed E-state index contributed by atoms with van der Waals surface area (Å²) in [6.45, 7) is 7.83. The molecule has 0 bridgehead atoms. The Bertz CT molecular complexity index is 855. The summed E-state index contributed by atoms with van der Waals surface area (Å²) in [4.78, 5) is 35.5. The van der Waals surface area contributed by atoms with Gasteiger partial charge >= 0.3 is 11.8 Å². The summed E-state index contributed by atoms with van der Waals surface area (Å²) in [7, 11) is 0. The van der Waals surface area contributed by atoms with Gasteiger partial charge in [0.05, 0.1) is 0 Å². The molecule has 0 saturated carbocycles. The van der Waals surface area contributed by atoms with E-state index >= 15 is 0 Å². The third-order valence-corrected chi connectivity index (χ3v) is 4.01. The van der Waals surface area contributed by atoms with Crippen molar-refractivity contribution in [2.24, 2.45) is 0 Å². The van der Waals surface area contributed by atoms with E-state index in [0.29, 0.717) is 11.4 Å². The zero-order valence-electron chi connectivity index (χ0n) is 16.5. The number of aryl methyl sites for hydroxylation is 1. The summed E-state index contributed by atoms with van der Waals surface area (Å²) in [6.07, 6.45) is 0. The number of rotatable bonds is 4. The van der Waals surface area contributed by atoms with E-state index in [1.165, 1.54) is 0 Å². The molecule has 3 amide bonds. The molecule has 0 aliphatic rings. The predicted octanol–water partition coefficient (Wildman–Crippen LogP) is 2.46. The van der Waals surface area contributed by atoms with Gasteiger partial charge in [-0.25, -0.2) is 0 Å². The van der Waals surface area contributed by atoms with Gasteiger partial charge < -0.3 is 10.1 Å². The molecule has 0 aliphatic heterocycles. The average Bonchev–Trinajstić information content (AvgIpc) is 2.65. The van der Waals surface area contributed by atoms with Crippen LogP contribution in [-0.2, 0) is 19.8 Å². The monoisotopic (exact) mass is 383 g/mol. The van der Waals surface area contributed by atoms with Crippen LogP contribution in [0.1, 0.15) is 31.9 Å². The van der Waals surface area contributed by atoms with Crippen LogP contribution in [0.15, 0.2) is 48.5 Å². The van der Waals surface area contributed by atoms with Crippen molar-refractivity contribution < 1.29 is 19.1 Å². The normalized spacial score (nSPS) is 10.7. The number of hydrogen-bond acceptors (Lipinski definition) is 4. The zero-order chi connectivity index (χ0) is 20.7. The van der Waals surface area contributed by atoms with E-state index in [0.717, 1.165) is 11.1 Å². The number of ether oxygens (including phenoxy) is 1. The zero-order valence-corrected chi connectivity index (χ0v) is 16.5. The number of hydrazine groups is 1. The van der Waals surface area contributed by atoms with Crippen LogP contribution in [0, 0.1) is 6.92 Å². The molecule has 2 aromatic rings. The van der Waals surface area contributed by atoms with Crippen molar-refractivity contribution in [3.05, 3.63) is 59.7 Å². The van der Waals surface area contributed by atoms with Crippen molar-refractivity contribution in [2.45, 2.75) is 33.1 Å². The third-order valence-electron chi connectivity index (χ3n) is 4.01. The van der Waals surface area contributed by atoms with Crippen molar-refractivity contribution in [2.75, 3.05) is 11.9 Å². The minimum atomic E-state index is -0.980. The largest absolute Gasteiger partial charge is 0.484 e. The molecular weight excluding hydrogens is 358 g/mol. The summed E-state index contributed by atoms with van der Waals surface area (Å²) in [5, 5.41) is 2.48. The quantitative estimate of drug-likeness (QED) is 0.558. The van der Waals surface area contributed by atoms with Crippen LogP contribution in [0.3, 0.4) is 0 Å². The first kappa shape index (κ1) is 21.0. The molecule has 0 aromatic heterocycles. The van der Waals surface area contributed by atoms with Gasteiger partial charge in [0.15, 0.2) is 6.61 Å². The third kappa shape index (κ3) is 6.12. The highest BCUT2D eigenvalue weighted by atomic mass is 16.5. The smallest absolute Gasteiger partial charge is 0.328 e. The first-order chi connectivity index (χ1) is 13.2.